The Morgan fingerprint density at radius 3 is 1.22 bits per heavy atom. The van der Waals surface area contributed by atoms with E-state index < -0.39 is 41.7 Å². The van der Waals surface area contributed by atoms with E-state index in [1.54, 1.807) is 59.1 Å². The van der Waals surface area contributed by atoms with E-state index in [1.165, 1.54) is 71.7 Å². The number of rotatable bonds is 15. The Bertz CT molecular complexity index is 4820. The summed E-state index contributed by atoms with van der Waals surface area (Å²) in [6.07, 6.45) is 0. The first-order valence-electron chi connectivity index (χ1n) is 25.2. The number of hydrogen-bond donors (Lipinski definition) is 3. The van der Waals surface area contributed by atoms with E-state index in [0.717, 1.165) is 91.9 Å². The summed E-state index contributed by atoms with van der Waals surface area (Å²) in [7, 11) is -11.9. The average Bonchev–Trinajstić information content (AvgIpc) is 3.83. The highest BCUT2D eigenvalue weighted by molar-refractivity contribution is 8.01. The molecule has 0 aliphatic heterocycles. The Labute approximate surface area is 564 Å². The van der Waals surface area contributed by atoms with E-state index in [-0.39, 0.29) is 41.1 Å². The van der Waals surface area contributed by atoms with Crippen molar-refractivity contribution in [2.45, 2.75) is 57.1 Å². The number of aryl methyl sites for hydroxylation is 2. The van der Waals surface area contributed by atoms with Crippen molar-refractivity contribution in [1.29, 1.82) is 0 Å². The number of nitrogens with zero attached hydrogens (tertiary/aromatic N) is 3. The Morgan fingerprint density at radius 2 is 0.820 bits per heavy atom. The molecule has 0 bridgehead atoms. The number of oxazole rings is 1. The Balaban J connectivity index is 0.000000147. The Morgan fingerprint density at radius 1 is 0.416 bits per heavy atom. The fourth-order valence-electron chi connectivity index (χ4n) is 7.95. The van der Waals surface area contributed by atoms with Gasteiger partial charge in [-0.2, -0.15) is 0 Å². The molecule has 0 spiro atoms. The standard InChI is InChI=1S/2C20H13Cl2FN2O2S3.C19H11Cl3N2O3S2/c2*1-11-2-5-18-16(8-11)24-20(29-18)28-17-6-4-13(10-14(17)21)25-30(26,27)19-7-3-12(23)9-15(19)22;20-11-5-8-18(14(22)9-11)29(25,26)24-12-6-7-17(13(21)10-12)28-19-23-15-3-1-2-4-16(15)27-19/h2*2-10,25H,1H3;1-10,24H. The van der Waals surface area contributed by atoms with E-state index in [1.807, 2.05) is 74.5 Å². The molecule has 30 heteroatoms. The molecule has 456 valence electrons. The molecule has 3 aromatic heterocycles. The predicted molar refractivity (Wildman–Crippen MR) is 361 cm³/mol. The van der Waals surface area contributed by atoms with E-state index >= 15 is 0 Å². The van der Waals surface area contributed by atoms with Crippen molar-refractivity contribution in [2.75, 3.05) is 14.2 Å². The van der Waals surface area contributed by atoms with Crippen LogP contribution in [0.2, 0.25) is 35.2 Å². The molecule has 12 rings (SSSR count). The summed E-state index contributed by atoms with van der Waals surface area (Å²) >= 11 is 49.9. The average molecular weight is 1480 g/mol. The molecule has 0 aliphatic rings. The van der Waals surface area contributed by atoms with Gasteiger partial charge in [0.2, 0.25) is 0 Å². The van der Waals surface area contributed by atoms with E-state index in [0.29, 0.717) is 41.5 Å². The van der Waals surface area contributed by atoms with E-state index in [2.05, 4.69) is 29.1 Å². The Hall–Kier alpha value is -5.58. The second kappa shape index (κ2) is 28.1. The number of para-hydroxylation sites is 2. The van der Waals surface area contributed by atoms with Crippen LogP contribution in [0.1, 0.15) is 11.1 Å². The number of sulfonamides is 3. The van der Waals surface area contributed by atoms with Gasteiger partial charge in [0, 0.05) is 19.7 Å². The number of halogens is 9. The van der Waals surface area contributed by atoms with Crippen LogP contribution < -0.4 is 14.2 Å². The third-order valence-electron chi connectivity index (χ3n) is 12.0. The molecular weight excluding hydrogens is 1450 g/mol. The van der Waals surface area contributed by atoms with Gasteiger partial charge < -0.3 is 4.42 Å². The van der Waals surface area contributed by atoms with Crippen LogP contribution in [0.3, 0.4) is 0 Å². The van der Waals surface area contributed by atoms with Gasteiger partial charge in [-0.05, 0) is 182 Å². The van der Waals surface area contributed by atoms with Crippen LogP contribution in [0.4, 0.5) is 25.8 Å². The number of fused-ring (bicyclic) bond motifs is 3. The molecule has 9 aromatic carbocycles. The van der Waals surface area contributed by atoms with Crippen LogP contribution in [0.25, 0.3) is 31.5 Å². The monoisotopic (exact) mass is 1480 g/mol. The number of hydrogen-bond acceptors (Lipinski definition) is 15. The van der Waals surface area contributed by atoms with Crippen molar-refractivity contribution < 1.29 is 38.5 Å². The summed E-state index contributed by atoms with van der Waals surface area (Å²) in [4.78, 5) is 15.3. The largest absolute Gasteiger partial charge is 0.431 e. The molecule has 0 saturated heterocycles. The van der Waals surface area contributed by atoms with Gasteiger partial charge in [-0.25, -0.2) is 49.0 Å². The maximum atomic E-state index is 13.2. The molecular formula is C59H37Cl7F2N6O7S8. The molecule has 0 aliphatic carbocycles. The van der Waals surface area contributed by atoms with Crippen molar-refractivity contribution in [3.63, 3.8) is 0 Å². The summed E-state index contributed by atoms with van der Waals surface area (Å²) < 4.78 is 119. The molecule has 12 aromatic rings. The highest BCUT2D eigenvalue weighted by Crippen LogP contribution is 2.42. The smallest absolute Gasteiger partial charge is 0.263 e. The second-order valence-corrected chi connectivity index (χ2v) is 32.1. The van der Waals surface area contributed by atoms with Crippen molar-refractivity contribution in [3.8, 4) is 0 Å². The molecule has 0 atom stereocenters. The molecule has 0 radical (unpaired) electrons. The maximum absolute atomic E-state index is 13.2. The molecule has 0 fully saturated rings. The Kier molecular flexibility index (Phi) is 21.0. The zero-order valence-electron chi connectivity index (χ0n) is 45.0. The number of thiazole rings is 2. The zero-order valence-corrected chi connectivity index (χ0v) is 56.9. The quantitative estimate of drug-likeness (QED) is 0.0880. The molecule has 13 nitrogen and oxygen atoms in total. The summed E-state index contributed by atoms with van der Waals surface area (Å²) in [5.74, 6) is -1.23. The topological polar surface area (TPSA) is 190 Å². The van der Waals surface area contributed by atoms with Gasteiger partial charge in [0.1, 0.15) is 31.8 Å². The van der Waals surface area contributed by atoms with Crippen LogP contribution in [0, 0.1) is 25.5 Å². The van der Waals surface area contributed by atoms with Gasteiger partial charge >= 0.3 is 0 Å². The van der Waals surface area contributed by atoms with Gasteiger partial charge in [0.05, 0.1) is 67.6 Å². The molecule has 89 heavy (non-hydrogen) atoms. The molecule has 0 amide bonds. The summed E-state index contributed by atoms with van der Waals surface area (Å²) in [6, 6.07) is 44.4. The second-order valence-electron chi connectivity index (χ2n) is 18.6. The van der Waals surface area contributed by atoms with Gasteiger partial charge in [0.15, 0.2) is 14.3 Å². The summed E-state index contributed by atoms with van der Waals surface area (Å²) in [5, 5.41) is 1.51. The van der Waals surface area contributed by atoms with Crippen molar-refractivity contribution in [3.05, 3.63) is 228 Å². The minimum Gasteiger partial charge on any atom is -0.431 e. The summed E-state index contributed by atoms with van der Waals surface area (Å²) in [6.45, 7) is 4.03. The fraction of sp³-hybridized carbons (Fsp3) is 0.0339. The third kappa shape index (κ3) is 16.7. The van der Waals surface area contributed by atoms with Crippen LogP contribution in [0.15, 0.2) is 218 Å². The minimum atomic E-state index is -4.00. The first kappa shape index (κ1) is 66.3. The highest BCUT2D eigenvalue weighted by atomic mass is 35.5. The van der Waals surface area contributed by atoms with Crippen LogP contribution >= 0.6 is 139 Å². The van der Waals surface area contributed by atoms with Crippen molar-refractivity contribution >= 4 is 218 Å². The number of aromatic nitrogens is 3. The zero-order chi connectivity index (χ0) is 63.5. The maximum Gasteiger partial charge on any atom is 0.263 e. The van der Waals surface area contributed by atoms with E-state index in [9.17, 15) is 34.0 Å². The molecule has 0 unspecified atom stereocenters. The highest BCUT2D eigenvalue weighted by Gasteiger charge is 2.23. The molecule has 3 N–H and O–H groups in total. The van der Waals surface area contributed by atoms with Gasteiger partial charge in [-0.3, -0.25) is 14.2 Å². The first-order valence-corrected chi connectivity index (χ1v) is 36.4. The lowest BCUT2D eigenvalue weighted by Crippen LogP contribution is -2.13. The van der Waals surface area contributed by atoms with Crippen molar-refractivity contribution in [2.24, 2.45) is 0 Å². The van der Waals surface area contributed by atoms with Crippen LogP contribution in [-0.2, 0) is 30.1 Å². The molecule has 0 saturated carbocycles. The van der Waals surface area contributed by atoms with E-state index in [4.69, 9.17) is 85.6 Å². The van der Waals surface area contributed by atoms with Crippen LogP contribution in [-0.4, -0.2) is 40.2 Å². The number of benzene rings is 9. The van der Waals surface area contributed by atoms with Gasteiger partial charge in [-0.1, -0.05) is 129 Å². The van der Waals surface area contributed by atoms with Gasteiger partial charge in [0.25, 0.3) is 35.3 Å². The number of anilines is 3. The number of nitrogens with one attached hydrogen (secondary N) is 3. The molecule has 3 heterocycles. The van der Waals surface area contributed by atoms with Crippen LogP contribution in [0.5, 0.6) is 0 Å². The lowest BCUT2D eigenvalue weighted by Gasteiger charge is -2.11. The third-order valence-corrected chi connectivity index (χ3v) is 24.4. The SMILES string of the molecule is Cc1ccc2sc(Sc3ccc(NS(=O)(=O)c4ccc(F)cc4Cl)cc3Cl)nc2c1.Cc1ccc2sc(Sc3ccc(NS(=O)(=O)c4ccc(F)cc4Cl)cc3Cl)nc2c1.O=S(=O)(Nc1ccc(Sc2nc3ccccc3o2)c(Cl)c1)c1ccc(Cl)cc1Cl. The van der Waals surface area contributed by atoms with Crippen molar-refractivity contribution in [1.82, 2.24) is 15.0 Å². The first-order chi connectivity index (χ1) is 42.2. The minimum absolute atomic E-state index is 0.0271. The summed E-state index contributed by atoms with van der Waals surface area (Å²) in [5.41, 5.74) is 6.39. The fourth-order valence-corrected chi connectivity index (χ4v) is 18.6. The van der Waals surface area contributed by atoms with Gasteiger partial charge in [-0.15, -0.1) is 22.7 Å². The lowest BCUT2D eigenvalue weighted by atomic mass is 10.2. The normalized spacial score (nSPS) is 11.7. The predicted octanol–water partition coefficient (Wildman–Crippen LogP) is 20.7. The lowest BCUT2D eigenvalue weighted by molar-refractivity contribution is 0.489.